The molecule has 6 heteroatoms. The zero-order chi connectivity index (χ0) is 23.5. The molecule has 0 aliphatic heterocycles. The summed E-state index contributed by atoms with van der Waals surface area (Å²) in [6.45, 7) is 6.71. The van der Waals surface area contributed by atoms with E-state index in [9.17, 15) is 4.79 Å². The second-order valence-corrected chi connectivity index (χ2v) is 8.52. The normalized spacial score (nSPS) is 11.1. The monoisotopic (exact) mass is 451 g/mol. The third kappa shape index (κ3) is 7.32. The van der Waals surface area contributed by atoms with Crippen LogP contribution in [0.1, 0.15) is 49.1 Å². The third-order valence-electron chi connectivity index (χ3n) is 6.00. The highest BCUT2D eigenvalue weighted by molar-refractivity contribution is 5.77. The molecule has 0 fully saturated rings. The van der Waals surface area contributed by atoms with Crippen LogP contribution in [0.15, 0.2) is 42.5 Å². The molecule has 1 aromatic heterocycles. The van der Waals surface area contributed by atoms with Gasteiger partial charge in [-0.15, -0.1) is 0 Å². The van der Waals surface area contributed by atoms with E-state index in [0.29, 0.717) is 6.54 Å². The lowest BCUT2D eigenvalue weighted by Gasteiger charge is -2.12. The van der Waals surface area contributed by atoms with E-state index in [1.165, 1.54) is 23.8 Å². The smallest absolute Gasteiger partial charge is 0.245 e. The second kappa shape index (κ2) is 13.0. The number of rotatable bonds is 14. The lowest BCUT2D eigenvalue weighted by molar-refractivity contribution is -0.124. The molecular formula is C27H37N3O3. The van der Waals surface area contributed by atoms with Gasteiger partial charge >= 0.3 is 0 Å². The highest BCUT2D eigenvalue weighted by Gasteiger charge is 2.10. The Morgan fingerprint density at radius 1 is 1.00 bits per heavy atom. The number of amides is 1. The summed E-state index contributed by atoms with van der Waals surface area (Å²) in [5.41, 5.74) is 4.75. The third-order valence-corrected chi connectivity index (χ3v) is 6.00. The standard InChI is InChI=1S/C27H37N3O3/c1-21-12-11-15-25(22(21)2)33-19-10-9-18-30-24-14-7-6-13-23(24)29-26(30)16-5-4-8-17-28-27(31)20-32-3/h6-7,11-15H,4-5,8-10,16-20H2,1-3H3,(H,28,31). The molecule has 0 saturated carbocycles. The molecule has 0 radical (unpaired) electrons. The van der Waals surface area contributed by atoms with Gasteiger partial charge in [-0.05, 0) is 68.9 Å². The largest absolute Gasteiger partial charge is 0.493 e. The number of aryl methyl sites for hydroxylation is 3. The molecule has 0 saturated heterocycles. The van der Waals surface area contributed by atoms with E-state index in [4.69, 9.17) is 14.5 Å². The van der Waals surface area contributed by atoms with Gasteiger partial charge in [0.05, 0.1) is 17.6 Å². The fraction of sp³-hybridized carbons (Fsp3) is 0.481. The van der Waals surface area contributed by atoms with Crippen molar-refractivity contribution in [2.75, 3.05) is 26.9 Å². The second-order valence-electron chi connectivity index (χ2n) is 8.52. The predicted octanol–water partition coefficient (Wildman–Crippen LogP) is 4.99. The van der Waals surface area contributed by atoms with E-state index in [2.05, 4.69) is 54.1 Å². The number of carbonyl (C=O) groups is 1. The minimum Gasteiger partial charge on any atom is -0.493 e. The van der Waals surface area contributed by atoms with Crippen LogP contribution in [-0.2, 0) is 22.5 Å². The van der Waals surface area contributed by atoms with Crippen molar-refractivity contribution in [3.05, 3.63) is 59.4 Å². The van der Waals surface area contributed by atoms with Gasteiger partial charge < -0.3 is 19.4 Å². The van der Waals surface area contributed by atoms with Gasteiger partial charge in [-0.2, -0.15) is 0 Å². The number of para-hydroxylation sites is 2. The molecule has 6 nitrogen and oxygen atoms in total. The highest BCUT2D eigenvalue weighted by atomic mass is 16.5. The number of imidazole rings is 1. The predicted molar refractivity (Wildman–Crippen MR) is 133 cm³/mol. The van der Waals surface area contributed by atoms with Crippen LogP contribution in [0.4, 0.5) is 0 Å². The molecule has 3 rings (SSSR count). The van der Waals surface area contributed by atoms with Crippen molar-refractivity contribution in [1.82, 2.24) is 14.9 Å². The average Bonchev–Trinajstić information content (AvgIpc) is 3.16. The summed E-state index contributed by atoms with van der Waals surface area (Å²) in [4.78, 5) is 16.3. The minimum atomic E-state index is -0.0548. The van der Waals surface area contributed by atoms with Crippen molar-refractivity contribution in [2.45, 2.75) is 58.9 Å². The van der Waals surface area contributed by atoms with Gasteiger partial charge in [-0.1, -0.05) is 30.7 Å². The molecule has 178 valence electrons. The highest BCUT2D eigenvalue weighted by Crippen LogP contribution is 2.21. The number of unbranched alkanes of at least 4 members (excludes halogenated alkanes) is 3. The molecule has 33 heavy (non-hydrogen) atoms. The van der Waals surface area contributed by atoms with E-state index >= 15 is 0 Å². The van der Waals surface area contributed by atoms with Gasteiger partial charge in [0.15, 0.2) is 0 Å². The Morgan fingerprint density at radius 2 is 1.85 bits per heavy atom. The maximum absolute atomic E-state index is 11.4. The molecule has 3 aromatic rings. The Hall–Kier alpha value is -2.86. The summed E-state index contributed by atoms with van der Waals surface area (Å²) in [6.07, 6.45) is 6.06. The fourth-order valence-electron chi connectivity index (χ4n) is 4.00. The topological polar surface area (TPSA) is 65.4 Å². The number of hydrogen-bond acceptors (Lipinski definition) is 4. The Balaban J connectivity index is 1.47. The number of nitrogens with zero attached hydrogens (tertiary/aromatic N) is 2. The maximum Gasteiger partial charge on any atom is 0.245 e. The number of carbonyl (C=O) groups excluding carboxylic acids is 1. The number of benzene rings is 2. The minimum absolute atomic E-state index is 0.0548. The molecule has 0 aliphatic carbocycles. The van der Waals surface area contributed by atoms with E-state index in [1.54, 1.807) is 0 Å². The molecule has 0 unspecified atom stereocenters. The van der Waals surface area contributed by atoms with Crippen molar-refractivity contribution in [2.24, 2.45) is 0 Å². The number of ether oxygens (including phenoxy) is 2. The molecular weight excluding hydrogens is 414 g/mol. The lowest BCUT2D eigenvalue weighted by Crippen LogP contribution is -2.27. The van der Waals surface area contributed by atoms with Gasteiger partial charge in [0.1, 0.15) is 18.2 Å². The van der Waals surface area contributed by atoms with Crippen molar-refractivity contribution in [1.29, 1.82) is 0 Å². The van der Waals surface area contributed by atoms with Crippen molar-refractivity contribution in [3.63, 3.8) is 0 Å². The Morgan fingerprint density at radius 3 is 2.70 bits per heavy atom. The first-order valence-corrected chi connectivity index (χ1v) is 12.0. The van der Waals surface area contributed by atoms with Gasteiger partial charge in [0.2, 0.25) is 5.91 Å². The summed E-state index contributed by atoms with van der Waals surface area (Å²) >= 11 is 0. The summed E-state index contributed by atoms with van der Waals surface area (Å²) in [7, 11) is 1.53. The SMILES string of the molecule is COCC(=O)NCCCCCc1nc2ccccc2n1CCCCOc1cccc(C)c1C. The summed E-state index contributed by atoms with van der Waals surface area (Å²) in [6, 6.07) is 14.6. The van der Waals surface area contributed by atoms with E-state index in [1.807, 2.05) is 12.1 Å². The quantitative estimate of drug-likeness (QED) is 0.351. The van der Waals surface area contributed by atoms with Crippen LogP contribution in [0.5, 0.6) is 5.75 Å². The number of hydrogen-bond donors (Lipinski definition) is 1. The molecule has 1 heterocycles. The van der Waals surface area contributed by atoms with Gasteiger partial charge in [0, 0.05) is 26.6 Å². The van der Waals surface area contributed by atoms with Crippen LogP contribution in [-0.4, -0.2) is 42.3 Å². The zero-order valence-electron chi connectivity index (χ0n) is 20.2. The summed E-state index contributed by atoms with van der Waals surface area (Å²) < 4.78 is 13.2. The number of aromatic nitrogens is 2. The summed E-state index contributed by atoms with van der Waals surface area (Å²) in [5.74, 6) is 2.08. The summed E-state index contributed by atoms with van der Waals surface area (Å²) in [5, 5.41) is 2.88. The van der Waals surface area contributed by atoms with Gasteiger partial charge in [0.25, 0.3) is 0 Å². The van der Waals surface area contributed by atoms with Crippen LogP contribution >= 0.6 is 0 Å². The average molecular weight is 452 g/mol. The van der Waals surface area contributed by atoms with E-state index in [0.717, 1.165) is 68.8 Å². The lowest BCUT2D eigenvalue weighted by atomic mass is 10.1. The van der Waals surface area contributed by atoms with Crippen LogP contribution in [0, 0.1) is 13.8 Å². The van der Waals surface area contributed by atoms with Crippen LogP contribution in [0.3, 0.4) is 0 Å². The van der Waals surface area contributed by atoms with Crippen molar-refractivity contribution >= 4 is 16.9 Å². The number of nitrogens with one attached hydrogen (secondary N) is 1. The first-order chi connectivity index (χ1) is 16.1. The Bertz CT molecular complexity index is 1030. The van der Waals surface area contributed by atoms with Crippen LogP contribution in [0.2, 0.25) is 0 Å². The molecule has 0 atom stereocenters. The Labute approximate surface area is 197 Å². The molecule has 1 N–H and O–H groups in total. The fourth-order valence-corrected chi connectivity index (χ4v) is 4.00. The van der Waals surface area contributed by atoms with E-state index < -0.39 is 0 Å². The maximum atomic E-state index is 11.4. The first-order valence-electron chi connectivity index (χ1n) is 12.0. The van der Waals surface area contributed by atoms with E-state index in [-0.39, 0.29) is 12.5 Å². The molecule has 0 aliphatic rings. The van der Waals surface area contributed by atoms with Gasteiger partial charge in [-0.3, -0.25) is 4.79 Å². The Kier molecular flexibility index (Phi) is 9.76. The molecule has 0 spiro atoms. The van der Waals surface area contributed by atoms with Crippen LogP contribution in [0.25, 0.3) is 11.0 Å². The molecule has 2 aromatic carbocycles. The van der Waals surface area contributed by atoms with Gasteiger partial charge in [-0.25, -0.2) is 4.98 Å². The number of fused-ring (bicyclic) bond motifs is 1. The van der Waals surface area contributed by atoms with Crippen LogP contribution < -0.4 is 10.1 Å². The van der Waals surface area contributed by atoms with Crippen molar-refractivity contribution < 1.29 is 14.3 Å². The van der Waals surface area contributed by atoms with Crippen molar-refractivity contribution in [3.8, 4) is 5.75 Å². The molecule has 1 amide bonds. The first kappa shape index (κ1) is 24.8. The zero-order valence-corrected chi connectivity index (χ0v) is 20.2. The molecule has 0 bridgehead atoms. The number of methoxy groups -OCH3 is 1.